The van der Waals surface area contributed by atoms with Crippen LogP contribution < -0.4 is 4.74 Å². The first-order valence-corrected chi connectivity index (χ1v) is 8.10. The molecule has 0 amide bonds. The lowest BCUT2D eigenvalue weighted by atomic mass is 10.0. The van der Waals surface area contributed by atoms with E-state index in [1.54, 1.807) is 13.3 Å². The zero-order chi connectivity index (χ0) is 17.4. The molecule has 4 aromatic rings. The summed E-state index contributed by atoms with van der Waals surface area (Å²) >= 11 is 0. The van der Waals surface area contributed by atoms with Gasteiger partial charge in [0.1, 0.15) is 5.75 Å². The van der Waals surface area contributed by atoms with Crippen LogP contribution in [0, 0.1) is 13.8 Å². The van der Waals surface area contributed by atoms with E-state index in [9.17, 15) is 0 Å². The second-order valence-corrected chi connectivity index (χ2v) is 5.89. The number of rotatable bonds is 3. The van der Waals surface area contributed by atoms with Gasteiger partial charge in [0.15, 0.2) is 5.65 Å². The van der Waals surface area contributed by atoms with E-state index in [4.69, 9.17) is 9.72 Å². The Morgan fingerprint density at radius 3 is 2.48 bits per heavy atom. The molecule has 3 heterocycles. The molecular formula is C20H18N4O. The predicted octanol–water partition coefficient (Wildman–Crippen LogP) is 4.08. The third-order valence-corrected chi connectivity index (χ3v) is 4.38. The van der Waals surface area contributed by atoms with E-state index in [2.05, 4.69) is 17.0 Å². The van der Waals surface area contributed by atoms with Gasteiger partial charge in [-0.25, -0.2) is 9.50 Å². The minimum atomic E-state index is 0.825. The molecular weight excluding hydrogens is 312 g/mol. The maximum absolute atomic E-state index is 5.25. The molecule has 0 aliphatic carbocycles. The monoisotopic (exact) mass is 330 g/mol. The Labute approximate surface area is 145 Å². The van der Waals surface area contributed by atoms with Gasteiger partial charge in [-0.15, -0.1) is 0 Å². The molecule has 0 fully saturated rings. The zero-order valence-electron chi connectivity index (χ0n) is 14.4. The number of aryl methyl sites for hydroxylation is 2. The van der Waals surface area contributed by atoms with Crippen molar-refractivity contribution >= 4 is 5.65 Å². The van der Waals surface area contributed by atoms with E-state index in [-0.39, 0.29) is 0 Å². The summed E-state index contributed by atoms with van der Waals surface area (Å²) in [5, 5.41) is 4.55. The Kier molecular flexibility index (Phi) is 3.69. The Morgan fingerprint density at radius 1 is 1.00 bits per heavy atom. The predicted molar refractivity (Wildman–Crippen MR) is 97.7 cm³/mol. The van der Waals surface area contributed by atoms with E-state index in [1.807, 2.05) is 60.1 Å². The van der Waals surface area contributed by atoms with E-state index in [0.717, 1.165) is 45.2 Å². The normalized spacial score (nSPS) is 11.0. The van der Waals surface area contributed by atoms with Crippen molar-refractivity contribution in [1.82, 2.24) is 19.6 Å². The summed E-state index contributed by atoms with van der Waals surface area (Å²) in [6.45, 7) is 4.10. The highest BCUT2D eigenvalue weighted by Crippen LogP contribution is 2.30. The van der Waals surface area contributed by atoms with Gasteiger partial charge in [0.05, 0.1) is 30.3 Å². The number of fused-ring (bicyclic) bond motifs is 1. The highest BCUT2D eigenvalue weighted by Gasteiger charge is 2.16. The van der Waals surface area contributed by atoms with Crippen molar-refractivity contribution in [3.8, 4) is 28.1 Å². The van der Waals surface area contributed by atoms with Gasteiger partial charge in [-0.05, 0) is 43.7 Å². The van der Waals surface area contributed by atoms with E-state index < -0.39 is 0 Å². The lowest BCUT2D eigenvalue weighted by molar-refractivity contribution is 0.415. The van der Waals surface area contributed by atoms with Crippen LogP contribution in [0.15, 0.2) is 54.9 Å². The van der Waals surface area contributed by atoms with Gasteiger partial charge in [0.25, 0.3) is 0 Å². The van der Waals surface area contributed by atoms with E-state index in [1.165, 1.54) is 0 Å². The Bertz CT molecular complexity index is 1040. The molecule has 3 aromatic heterocycles. The van der Waals surface area contributed by atoms with Crippen molar-refractivity contribution in [2.75, 3.05) is 7.11 Å². The Morgan fingerprint density at radius 2 is 1.80 bits per heavy atom. The molecule has 124 valence electrons. The molecule has 25 heavy (non-hydrogen) atoms. The molecule has 0 saturated carbocycles. The average molecular weight is 330 g/mol. The first-order chi connectivity index (χ1) is 12.2. The highest BCUT2D eigenvalue weighted by molar-refractivity contribution is 5.78. The maximum Gasteiger partial charge on any atom is 0.164 e. The molecule has 5 nitrogen and oxygen atoms in total. The lowest BCUT2D eigenvalue weighted by Gasteiger charge is -2.12. The summed E-state index contributed by atoms with van der Waals surface area (Å²) in [5.41, 5.74) is 6.84. The molecule has 0 bridgehead atoms. The summed E-state index contributed by atoms with van der Waals surface area (Å²) in [4.78, 5) is 9.24. The van der Waals surface area contributed by atoms with Gasteiger partial charge in [0, 0.05) is 17.5 Å². The van der Waals surface area contributed by atoms with Gasteiger partial charge in [-0.3, -0.25) is 4.98 Å². The fourth-order valence-corrected chi connectivity index (χ4v) is 3.16. The fraction of sp³-hybridized carbons (Fsp3) is 0.150. The smallest absolute Gasteiger partial charge is 0.164 e. The zero-order valence-corrected chi connectivity index (χ0v) is 14.4. The van der Waals surface area contributed by atoms with Crippen LogP contribution in [0.1, 0.15) is 11.4 Å². The number of pyridine rings is 1. The molecule has 4 rings (SSSR count). The van der Waals surface area contributed by atoms with Crippen LogP contribution in [-0.2, 0) is 0 Å². The van der Waals surface area contributed by atoms with Crippen molar-refractivity contribution in [2.24, 2.45) is 0 Å². The maximum atomic E-state index is 5.25. The number of ether oxygens (including phenoxy) is 1. The first kappa shape index (κ1) is 15.3. The number of aromatic nitrogens is 4. The molecule has 0 radical (unpaired) electrons. The summed E-state index contributed by atoms with van der Waals surface area (Å²) in [5.74, 6) is 0.838. The quantitative estimate of drug-likeness (QED) is 0.568. The molecule has 0 N–H and O–H groups in total. The second-order valence-electron chi connectivity index (χ2n) is 5.89. The number of nitrogens with zero attached hydrogens (tertiary/aromatic N) is 4. The van der Waals surface area contributed by atoms with Crippen LogP contribution in [0.5, 0.6) is 5.75 Å². The first-order valence-electron chi connectivity index (χ1n) is 8.10. The van der Waals surface area contributed by atoms with Crippen molar-refractivity contribution in [1.29, 1.82) is 0 Å². The van der Waals surface area contributed by atoms with Crippen molar-refractivity contribution in [3.05, 3.63) is 66.2 Å². The molecule has 5 heteroatoms. The van der Waals surface area contributed by atoms with Gasteiger partial charge in [0.2, 0.25) is 0 Å². The van der Waals surface area contributed by atoms with E-state index >= 15 is 0 Å². The standard InChI is InChI=1S/C20H18N4O/c1-13-19(15-7-9-16(25-3)10-8-15)14(2)24-20(23-13)17(12-22-24)18-6-4-5-11-21-18/h4-12H,1-3H3. The average Bonchev–Trinajstić information content (AvgIpc) is 3.07. The van der Waals surface area contributed by atoms with Crippen LogP contribution in [0.25, 0.3) is 28.0 Å². The Hall–Kier alpha value is -3.21. The third-order valence-electron chi connectivity index (χ3n) is 4.38. The number of hydrogen-bond donors (Lipinski definition) is 0. The summed E-state index contributed by atoms with van der Waals surface area (Å²) in [6.07, 6.45) is 3.61. The second kappa shape index (κ2) is 6.02. The van der Waals surface area contributed by atoms with Crippen LogP contribution in [0.3, 0.4) is 0 Å². The van der Waals surface area contributed by atoms with Gasteiger partial charge >= 0.3 is 0 Å². The van der Waals surface area contributed by atoms with Crippen LogP contribution in [0.2, 0.25) is 0 Å². The Balaban J connectivity index is 1.91. The molecule has 1 aromatic carbocycles. The summed E-state index contributed by atoms with van der Waals surface area (Å²) in [7, 11) is 1.67. The molecule has 0 atom stereocenters. The third kappa shape index (κ3) is 2.54. The van der Waals surface area contributed by atoms with Crippen molar-refractivity contribution in [2.45, 2.75) is 13.8 Å². The van der Waals surface area contributed by atoms with Crippen LogP contribution >= 0.6 is 0 Å². The minimum Gasteiger partial charge on any atom is -0.497 e. The van der Waals surface area contributed by atoms with Gasteiger partial charge in [-0.2, -0.15) is 5.10 Å². The topological polar surface area (TPSA) is 52.3 Å². The molecule has 0 aliphatic rings. The van der Waals surface area contributed by atoms with Gasteiger partial charge < -0.3 is 4.74 Å². The summed E-state index contributed by atoms with van der Waals surface area (Å²) < 4.78 is 7.13. The molecule has 0 saturated heterocycles. The number of hydrogen-bond acceptors (Lipinski definition) is 4. The van der Waals surface area contributed by atoms with Crippen LogP contribution in [-0.4, -0.2) is 26.7 Å². The van der Waals surface area contributed by atoms with Crippen LogP contribution in [0.4, 0.5) is 0 Å². The van der Waals surface area contributed by atoms with Crippen molar-refractivity contribution in [3.63, 3.8) is 0 Å². The van der Waals surface area contributed by atoms with Crippen molar-refractivity contribution < 1.29 is 4.74 Å². The summed E-state index contributed by atoms with van der Waals surface area (Å²) in [6, 6.07) is 13.9. The molecule has 0 spiro atoms. The van der Waals surface area contributed by atoms with Gasteiger partial charge in [-0.1, -0.05) is 18.2 Å². The fourth-order valence-electron chi connectivity index (χ4n) is 3.16. The number of benzene rings is 1. The van der Waals surface area contributed by atoms with E-state index in [0.29, 0.717) is 0 Å². The number of methoxy groups -OCH3 is 1. The minimum absolute atomic E-state index is 0.825. The molecule has 0 unspecified atom stereocenters. The largest absolute Gasteiger partial charge is 0.497 e. The highest BCUT2D eigenvalue weighted by atomic mass is 16.5. The lowest BCUT2D eigenvalue weighted by Crippen LogP contribution is -2.02. The SMILES string of the molecule is COc1ccc(-c2c(C)nc3c(-c4ccccn4)cnn3c2C)cc1. The molecule has 0 aliphatic heterocycles.